The first-order valence-corrected chi connectivity index (χ1v) is 5.51. The average molecular weight is 322 g/mol. The summed E-state index contributed by atoms with van der Waals surface area (Å²) in [6.45, 7) is 0.549. The predicted molar refractivity (Wildman–Crippen MR) is 56.5 cm³/mol. The Labute approximate surface area is 114 Å². The van der Waals surface area contributed by atoms with E-state index in [2.05, 4.69) is 0 Å². The quantitative estimate of drug-likeness (QED) is 0.825. The minimum atomic E-state index is -6.28. The molecule has 0 aliphatic carbocycles. The molecule has 1 aromatic carbocycles. The van der Waals surface area contributed by atoms with Crippen LogP contribution in [0.1, 0.15) is 18.9 Å². The van der Waals surface area contributed by atoms with E-state index in [1.807, 2.05) is 0 Å². The van der Waals surface area contributed by atoms with E-state index in [1.54, 1.807) is 0 Å². The van der Waals surface area contributed by atoms with E-state index < -0.39 is 41.4 Å². The Kier molecular flexibility index (Phi) is 4.30. The minimum absolute atomic E-state index is 0.535. The number of hydrogen-bond donors (Lipinski definition) is 1. The summed E-state index contributed by atoms with van der Waals surface area (Å²) in [6, 6.07) is 3.28. The molecule has 120 valence electrons. The van der Waals surface area contributed by atoms with E-state index in [0.29, 0.717) is 13.0 Å². The Morgan fingerprint density at radius 1 is 0.952 bits per heavy atom. The van der Waals surface area contributed by atoms with Crippen LogP contribution in [0.3, 0.4) is 0 Å². The Morgan fingerprint density at radius 3 is 1.81 bits per heavy atom. The van der Waals surface area contributed by atoms with E-state index in [-0.39, 0.29) is 0 Å². The normalized spacial score (nSPS) is 16.7. The summed E-state index contributed by atoms with van der Waals surface area (Å²) in [7, 11) is 0. The Morgan fingerprint density at radius 2 is 1.43 bits per heavy atom. The van der Waals surface area contributed by atoms with E-state index in [0.717, 1.165) is 18.2 Å². The average Bonchev–Trinajstić information content (AvgIpc) is 2.25. The van der Waals surface area contributed by atoms with Gasteiger partial charge in [-0.05, 0) is 24.6 Å². The van der Waals surface area contributed by atoms with Gasteiger partial charge in [0.2, 0.25) is 0 Å². The minimum Gasteiger partial charge on any atom is -0.385 e. The zero-order valence-electron chi connectivity index (χ0n) is 10.5. The van der Waals surface area contributed by atoms with Gasteiger partial charge in [-0.2, -0.15) is 26.3 Å². The summed E-state index contributed by atoms with van der Waals surface area (Å²) in [5.41, 5.74) is -9.09. The van der Waals surface area contributed by atoms with Gasteiger partial charge in [0.1, 0.15) is 5.82 Å². The molecule has 0 amide bonds. The van der Waals surface area contributed by atoms with Crippen LogP contribution in [0.4, 0.5) is 35.1 Å². The third-order valence-corrected chi connectivity index (χ3v) is 2.93. The lowest BCUT2D eigenvalue weighted by molar-refractivity contribution is -0.352. The van der Waals surface area contributed by atoms with Crippen molar-refractivity contribution >= 4 is 0 Å². The summed E-state index contributed by atoms with van der Waals surface area (Å²) in [5, 5.41) is 9.77. The molecule has 1 atom stereocenters. The predicted octanol–water partition coefficient (Wildman–Crippen LogP) is 4.26. The molecule has 0 radical (unpaired) electrons. The smallest absolute Gasteiger partial charge is 0.385 e. The van der Waals surface area contributed by atoms with Crippen LogP contribution in [0.5, 0.6) is 0 Å². The van der Waals surface area contributed by atoms with Crippen LogP contribution in [0.15, 0.2) is 24.3 Å². The summed E-state index contributed by atoms with van der Waals surface area (Å²) < 4.78 is 101. The van der Waals surface area contributed by atoms with Gasteiger partial charge in [-0.25, -0.2) is 8.78 Å². The van der Waals surface area contributed by atoms with Crippen LogP contribution in [-0.2, 0) is 5.60 Å². The number of rotatable bonds is 3. The molecule has 21 heavy (non-hydrogen) atoms. The topological polar surface area (TPSA) is 20.2 Å². The fourth-order valence-electron chi connectivity index (χ4n) is 1.76. The molecule has 1 rings (SSSR count). The third kappa shape index (κ3) is 3.45. The summed E-state index contributed by atoms with van der Waals surface area (Å²) in [6.07, 6.45) is -14.9. The highest BCUT2D eigenvalue weighted by atomic mass is 19.4. The number of aliphatic hydroxyl groups is 1. The van der Waals surface area contributed by atoms with Crippen LogP contribution in [0.25, 0.3) is 0 Å². The van der Waals surface area contributed by atoms with Gasteiger partial charge in [0.25, 0.3) is 0 Å². The molecule has 0 spiro atoms. The first-order valence-electron chi connectivity index (χ1n) is 5.51. The van der Waals surface area contributed by atoms with Crippen molar-refractivity contribution in [2.24, 2.45) is 0 Å². The van der Waals surface area contributed by atoms with Gasteiger partial charge in [0, 0.05) is 6.42 Å². The molecular formula is C12H10F8O. The molecule has 0 saturated heterocycles. The van der Waals surface area contributed by atoms with E-state index in [9.17, 15) is 40.2 Å². The number of hydrogen-bond acceptors (Lipinski definition) is 1. The summed E-state index contributed by atoms with van der Waals surface area (Å²) in [4.78, 5) is 0. The standard InChI is InChI=1S/C12H10F8O/c1-9(21,7-3-2-4-8(13)5-7)6-10(14,11(15,16)17)12(18,19)20/h2-5,21H,6H2,1H3. The summed E-state index contributed by atoms with van der Waals surface area (Å²) >= 11 is 0. The second-order valence-corrected chi connectivity index (χ2v) is 4.76. The second kappa shape index (κ2) is 5.11. The highest BCUT2D eigenvalue weighted by Gasteiger charge is 2.73. The molecule has 0 aliphatic heterocycles. The lowest BCUT2D eigenvalue weighted by Crippen LogP contribution is -2.56. The molecule has 0 heterocycles. The molecule has 0 aromatic heterocycles. The molecule has 0 saturated carbocycles. The van der Waals surface area contributed by atoms with Crippen molar-refractivity contribution in [1.82, 2.24) is 0 Å². The van der Waals surface area contributed by atoms with E-state index in [1.165, 1.54) is 0 Å². The lowest BCUT2D eigenvalue weighted by Gasteiger charge is -2.36. The van der Waals surface area contributed by atoms with Gasteiger partial charge in [-0.15, -0.1) is 0 Å². The Hall–Kier alpha value is -1.38. The molecule has 1 nitrogen and oxygen atoms in total. The zero-order valence-corrected chi connectivity index (χ0v) is 10.5. The van der Waals surface area contributed by atoms with Crippen LogP contribution in [0, 0.1) is 5.82 Å². The van der Waals surface area contributed by atoms with Crippen molar-refractivity contribution in [3.63, 3.8) is 0 Å². The van der Waals surface area contributed by atoms with Crippen molar-refractivity contribution in [2.45, 2.75) is 37.0 Å². The van der Waals surface area contributed by atoms with Crippen LogP contribution in [0.2, 0.25) is 0 Å². The molecule has 0 fully saturated rings. The molecule has 1 N–H and O–H groups in total. The van der Waals surface area contributed by atoms with Crippen molar-refractivity contribution in [1.29, 1.82) is 0 Å². The first kappa shape index (κ1) is 17.7. The molecule has 1 unspecified atom stereocenters. The molecular weight excluding hydrogens is 312 g/mol. The lowest BCUT2D eigenvalue weighted by atomic mass is 9.83. The van der Waals surface area contributed by atoms with Crippen LogP contribution < -0.4 is 0 Å². The van der Waals surface area contributed by atoms with Gasteiger partial charge in [-0.1, -0.05) is 12.1 Å². The van der Waals surface area contributed by atoms with Gasteiger partial charge >= 0.3 is 18.0 Å². The second-order valence-electron chi connectivity index (χ2n) is 4.76. The number of alkyl halides is 7. The largest absolute Gasteiger partial charge is 0.431 e. The fourth-order valence-corrected chi connectivity index (χ4v) is 1.76. The summed E-state index contributed by atoms with van der Waals surface area (Å²) in [5.74, 6) is -0.990. The first-order chi connectivity index (χ1) is 9.21. The third-order valence-electron chi connectivity index (χ3n) is 2.93. The SMILES string of the molecule is CC(O)(CC(F)(C(F)(F)F)C(F)(F)F)c1cccc(F)c1. The maximum absolute atomic E-state index is 13.6. The van der Waals surface area contributed by atoms with Gasteiger partial charge in [0.15, 0.2) is 0 Å². The van der Waals surface area contributed by atoms with Crippen molar-refractivity contribution < 1.29 is 40.2 Å². The van der Waals surface area contributed by atoms with Gasteiger partial charge in [-0.3, -0.25) is 0 Å². The van der Waals surface area contributed by atoms with Crippen molar-refractivity contribution in [3.8, 4) is 0 Å². The Bertz CT molecular complexity index is 489. The molecule has 1 aromatic rings. The van der Waals surface area contributed by atoms with Crippen LogP contribution in [-0.4, -0.2) is 23.1 Å². The van der Waals surface area contributed by atoms with Crippen molar-refractivity contribution in [2.75, 3.05) is 0 Å². The van der Waals surface area contributed by atoms with Crippen LogP contribution >= 0.6 is 0 Å². The van der Waals surface area contributed by atoms with E-state index in [4.69, 9.17) is 0 Å². The van der Waals surface area contributed by atoms with Gasteiger partial charge in [0.05, 0.1) is 5.60 Å². The Balaban J connectivity index is 3.26. The monoisotopic (exact) mass is 322 g/mol. The maximum atomic E-state index is 13.6. The number of benzene rings is 1. The highest BCUT2D eigenvalue weighted by molar-refractivity contribution is 5.24. The van der Waals surface area contributed by atoms with Crippen molar-refractivity contribution in [3.05, 3.63) is 35.6 Å². The van der Waals surface area contributed by atoms with Gasteiger partial charge < -0.3 is 5.11 Å². The molecule has 0 aliphatic rings. The maximum Gasteiger partial charge on any atom is 0.431 e. The fraction of sp³-hybridized carbons (Fsp3) is 0.500. The molecule has 9 heteroatoms. The zero-order chi connectivity index (χ0) is 16.7. The highest BCUT2D eigenvalue weighted by Crippen LogP contribution is 2.51. The van der Waals surface area contributed by atoms with E-state index >= 15 is 0 Å². The number of halogens is 8. The molecule has 0 bridgehead atoms.